The average Bonchev–Trinajstić information content (AvgIpc) is 2.47. The van der Waals surface area contributed by atoms with Crippen molar-refractivity contribution >= 4 is 23.4 Å². The van der Waals surface area contributed by atoms with E-state index in [0.29, 0.717) is 10.7 Å². The Bertz CT molecular complexity index is 657. The number of hydrogen-bond donors (Lipinski definition) is 1. The summed E-state index contributed by atoms with van der Waals surface area (Å²) < 4.78 is 5.57. The Balaban J connectivity index is 1.68. The van der Waals surface area contributed by atoms with Crippen LogP contribution in [0.2, 0.25) is 5.02 Å². The number of carbonyl (C=O) groups excluding carboxylic acids is 1. The maximum atomic E-state index is 12.0. The fourth-order valence-corrected chi connectivity index (χ4v) is 2.86. The molecule has 1 aliphatic rings. The number of rotatable bonds is 2. The van der Waals surface area contributed by atoms with E-state index in [1.165, 1.54) is 5.56 Å². The van der Waals surface area contributed by atoms with E-state index in [1.54, 1.807) is 24.3 Å². The third-order valence-electron chi connectivity index (χ3n) is 3.63. The highest BCUT2D eigenvalue weighted by atomic mass is 35.5. The van der Waals surface area contributed by atoms with E-state index < -0.39 is 6.09 Å². The summed E-state index contributed by atoms with van der Waals surface area (Å²) in [5.41, 5.74) is 3.02. The van der Waals surface area contributed by atoms with E-state index in [0.717, 1.165) is 24.8 Å². The monoisotopic (exact) mass is 301 g/mol. The fraction of sp³-hybridized carbons (Fsp3) is 0.235. The predicted octanol–water partition coefficient (Wildman–Crippen LogP) is 4.97. The van der Waals surface area contributed by atoms with Crippen LogP contribution in [-0.4, -0.2) is 6.09 Å². The summed E-state index contributed by atoms with van der Waals surface area (Å²) in [5.74, 6) is 0. The van der Waals surface area contributed by atoms with Crippen molar-refractivity contribution in [3.05, 3.63) is 64.7 Å². The lowest BCUT2D eigenvalue weighted by molar-refractivity contribution is 0.0999. The van der Waals surface area contributed by atoms with Gasteiger partial charge in [-0.05, 0) is 48.6 Å². The molecule has 0 aliphatic heterocycles. The fourth-order valence-electron chi connectivity index (χ4n) is 2.67. The second-order valence-electron chi connectivity index (χ2n) is 5.12. The normalized spacial score (nSPS) is 16.9. The molecular weight excluding hydrogens is 286 g/mol. The Morgan fingerprint density at radius 2 is 2.05 bits per heavy atom. The molecule has 1 unspecified atom stereocenters. The lowest BCUT2D eigenvalue weighted by Crippen LogP contribution is -2.20. The first kappa shape index (κ1) is 14.0. The SMILES string of the molecule is O=C(Nc1cccc(Cl)c1)OC1CCCc2ccccc21. The molecule has 3 rings (SSSR count). The lowest BCUT2D eigenvalue weighted by Gasteiger charge is -2.25. The van der Waals surface area contributed by atoms with E-state index in [-0.39, 0.29) is 6.10 Å². The zero-order chi connectivity index (χ0) is 14.7. The van der Waals surface area contributed by atoms with E-state index in [4.69, 9.17) is 16.3 Å². The lowest BCUT2D eigenvalue weighted by atomic mass is 9.89. The second kappa shape index (κ2) is 6.19. The number of amides is 1. The number of fused-ring (bicyclic) bond motifs is 1. The molecule has 108 valence electrons. The summed E-state index contributed by atoms with van der Waals surface area (Å²) in [4.78, 5) is 12.0. The van der Waals surface area contributed by atoms with Crippen LogP contribution in [-0.2, 0) is 11.2 Å². The summed E-state index contributed by atoms with van der Waals surface area (Å²) in [6.45, 7) is 0. The third-order valence-corrected chi connectivity index (χ3v) is 3.87. The summed E-state index contributed by atoms with van der Waals surface area (Å²) in [6.07, 6.45) is 2.33. The number of carbonyl (C=O) groups is 1. The van der Waals surface area contributed by atoms with E-state index in [2.05, 4.69) is 11.4 Å². The third kappa shape index (κ3) is 3.37. The molecule has 0 bridgehead atoms. The highest BCUT2D eigenvalue weighted by molar-refractivity contribution is 6.30. The van der Waals surface area contributed by atoms with Crippen LogP contribution in [0.5, 0.6) is 0 Å². The number of halogens is 1. The van der Waals surface area contributed by atoms with Gasteiger partial charge >= 0.3 is 6.09 Å². The quantitative estimate of drug-likeness (QED) is 0.851. The topological polar surface area (TPSA) is 38.3 Å². The van der Waals surface area contributed by atoms with Gasteiger partial charge in [-0.25, -0.2) is 4.79 Å². The molecule has 0 fully saturated rings. The largest absolute Gasteiger partial charge is 0.441 e. The highest BCUT2D eigenvalue weighted by Gasteiger charge is 2.23. The van der Waals surface area contributed by atoms with Crippen LogP contribution in [0.4, 0.5) is 10.5 Å². The van der Waals surface area contributed by atoms with Crippen LogP contribution in [0.15, 0.2) is 48.5 Å². The van der Waals surface area contributed by atoms with Crippen molar-refractivity contribution in [1.82, 2.24) is 0 Å². The molecule has 1 aliphatic carbocycles. The van der Waals surface area contributed by atoms with Crippen molar-refractivity contribution in [3.8, 4) is 0 Å². The predicted molar refractivity (Wildman–Crippen MR) is 83.7 cm³/mol. The molecule has 0 radical (unpaired) electrons. The zero-order valence-electron chi connectivity index (χ0n) is 11.5. The maximum absolute atomic E-state index is 12.0. The second-order valence-corrected chi connectivity index (χ2v) is 5.56. The molecule has 21 heavy (non-hydrogen) atoms. The Hall–Kier alpha value is -2.00. The number of ether oxygens (including phenoxy) is 1. The molecule has 0 saturated carbocycles. The smallest absolute Gasteiger partial charge is 0.412 e. The van der Waals surface area contributed by atoms with Gasteiger partial charge in [-0.1, -0.05) is 41.9 Å². The Kier molecular flexibility index (Phi) is 4.11. The average molecular weight is 302 g/mol. The van der Waals surface area contributed by atoms with Gasteiger partial charge in [0, 0.05) is 10.7 Å². The number of anilines is 1. The first-order valence-electron chi connectivity index (χ1n) is 7.03. The van der Waals surface area contributed by atoms with E-state index >= 15 is 0 Å². The molecular formula is C17H16ClNO2. The van der Waals surface area contributed by atoms with Crippen molar-refractivity contribution in [2.24, 2.45) is 0 Å². The molecule has 0 spiro atoms. The number of nitrogens with one attached hydrogen (secondary N) is 1. The van der Waals surface area contributed by atoms with Gasteiger partial charge in [0.25, 0.3) is 0 Å². The number of aryl methyl sites for hydroxylation is 1. The molecule has 0 aromatic heterocycles. The number of benzene rings is 2. The molecule has 0 heterocycles. The van der Waals surface area contributed by atoms with Crippen molar-refractivity contribution in [2.45, 2.75) is 25.4 Å². The summed E-state index contributed by atoms with van der Waals surface area (Å²) in [5, 5.41) is 3.29. The van der Waals surface area contributed by atoms with Crippen molar-refractivity contribution < 1.29 is 9.53 Å². The first-order chi connectivity index (χ1) is 10.2. The van der Waals surface area contributed by atoms with Gasteiger partial charge in [0.05, 0.1) is 0 Å². The highest BCUT2D eigenvalue weighted by Crippen LogP contribution is 2.32. The van der Waals surface area contributed by atoms with Gasteiger partial charge in [0.15, 0.2) is 0 Å². The van der Waals surface area contributed by atoms with Crippen LogP contribution in [0.1, 0.15) is 30.1 Å². The zero-order valence-corrected chi connectivity index (χ0v) is 12.3. The number of hydrogen-bond acceptors (Lipinski definition) is 2. The minimum absolute atomic E-state index is 0.172. The van der Waals surface area contributed by atoms with Gasteiger partial charge in [0.2, 0.25) is 0 Å². The van der Waals surface area contributed by atoms with Crippen molar-refractivity contribution in [2.75, 3.05) is 5.32 Å². The molecule has 1 atom stereocenters. The molecule has 3 nitrogen and oxygen atoms in total. The molecule has 1 N–H and O–H groups in total. The Labute approximate surface area is 128 Å². The molecule has 4 heteroatoms. The first-order valence-corrected chi connectivity index (χ1v) is 7.41. The van der Waals surface area contributed by atoms with E-state index in [9.17, 15) is 4.79 Å². The van der Waals surface area contributed by atoms with Crippen LogP contribution in [0, 0.1) is 0 Å². The molecule has 2 aromatic rings. The van der Waals surface area contributed by atoms with Gasteiger partial charge in [-0.3, -0.25) is 5.32 Å². The summed E-state index contributed by atoms with van der Waals surface area (Å²) >= 11 is 5.90. The minimum atomic E-state index is -0.445. The minimum Gasteiger partial charge on any atom is -0.441 e. The van der Waals surface area contributed by atoms with Gasteiger partial charge < -0.3 is 4.74 Å². The van der Waals surface area contributed by atoms with Crippen LogP contribution in [0.25, 0.3) is 0 Å². The van der Waals surface area contributed by atoms with Crippen LogP contribution < -0.4 is 5.32 Å². The van der Waals surface area contributed by atoms with Gasteiger partial charge in [0.1, 0.15) is 6.10 Å². The molecule has 1 amide bonds. The van der Waals surface area contributed by atoms with Crippen molar-refractivity contribution in [1.29, 1.82) is 0 Å². The maximum Gasteiger partial charge on any atom is 0.412 e. The molecule has 2 aromatic carbocycles. The summed E-state index contributed by atoms with van der Waals surface area (Å²) in [6, 6.07) is 15.1. The van der Waals surface area contributed by atoms with Crippen LogP contribution in [0.3, 0.4) is 0 Å². The summed E-state index contributed by atoms with van der Waals surface area (Å²) in [7, 11) is 0. The molecule has 0 saturated heterocycles. The van der Waals surface area contributed by atoms with Crippen molar-refractivity contribution in [3.63, 3.8) is 0 Å². The van der Waals surface area contributed by atoms with Crippen LogP contribution >= 0.6 is 11.6 Å². The van der Waals surface area contributed by atoms with Gasteiger partial charge in [-0.15, -0.1) is 0 Å². The Morgan fingerprint density at radius 1 is 1.19 bits per heavy atom. The van der Waals surface area contributed by atoms with Gasteiger partial charge in [-0.2, -0.15) is 0 Å². The Morgan fingerprint density at radius 3 is 2.90 bits per heavy atom. The van der Waals surface area contributed by atoms with E-state index in [1.807, 2.05) is 18.2 Å². The standard InChI is InChI=1S/C17H16ClNO2/c18-13-7-4-8-14(11-13)19-17(20)21-16-10-3-6-12-5-1-2-9-15(12)16/h1-2,4-5,7-9,11,16H,3,6,10H2,(H,19,20).